The van der Waals surface area contributed by atoms with Crippen LogP contribution in [-0.2, 0) is 4.79 Å². The summed E-state index contributed by atoms with van der Waals surface area (Å²) >= 11 is 17.6. The molecule has 0 aromatic heterocycles. The highest BCUT2D eigenvalue weighted by atomic mass is 35.5. The molecule has 0 aliphatic rings. The largest absolute Gasteiger partial charge is 0.475 e. The molecule has 24 heavy (non-hydrogen) atoms. The van der Waals surface area contributed by atoms with Crippen LogP contribution in [0.25, 0.3) is 0 Å². The van der Waals surface area contributed by atoms with E-state index in [-0.39, 0.29) is 33.1 Å². The summed E-state index contributed by atoms with van der Waals surface area (Å²) in [6, 6.07) is 2.64. The quantitative estimate of drug-likeness (QED) is 0.419. The van der Waals surface area contributed by atoms with Gasteiger partial charge in [-0.15, -0.1) is 0 Å². The molecule has 0 aliphatic carbocycles. The molecule has 0 unspecified atom stereocenters. The third-order valence-corrected chi connectivity index (χ3v) is 4.13. The summed E-state index contributed by atoms with van der Waals surface area (Å²) in [7, 11) is -1.68. The third-order valence-electron chi connectivity index (χ3n) is 3.10. The summed E-state index contributed by atoms with van der Waals surface area (Å²) in [4.78, 5) is 23.9. The summed E-state index contributed by atoms with van der Waals surface area (Å²) in [5.74, 6) is -1.82. The van der Waals surface area contributed by atoms with E-state index in [0.717, 1.165) is 0 Å². The topological polar surface area (TPSA) is 98.7 Å². The van der Waals surface area contributed by atoms with E-state index >= 15 is 0 Å². The van der Waals surface area contributed by atoms with Gasteiger partial charge in [0, 0.05) is 0 Å². The molecule has 0 spiro atoms. The van der Waals surface area contributed by atoms with Crippen LogP contribution in [0.1, 0.15) is 30.6 Å². The molecule has 0 saturated carbocycles. The summed E-state index contributed by atoms with van der Waals surface area (Å²) in [5.41, 5.74) is 0.0831. The lowest BCUT2D eigenvalue weighted by atomic mass is 9.75. The van der Waals surface area contributed by atoms with Gasteiger partial charge >= 0.3 is 7.12 Å². The Labute approximate surface area is 155 Å². The molecule has 0 saturated heterocycles. The molecule has 1 aromatic carbocycles. The van der Waals surface area contributed by atoms with Gasteiger partial charge in [0.05, 0.1) is 33.1 Å². The molecule has 1 rings (SSSR count). The molecule has 132 valence electrons. The number of amides is 2. The number of carbonyl (C=O) groups is 2. The Hall–Kier alpha value is -0.985. The maximum absolute atomic E-state index is 12.1. The van der Waals surface area contributed by atoms with Crippen LogP contribution in [0.5, 0.6) is 0 Å². The number of hydrogen-bond acceptors (Lipinski definition) is 4. The van der Waals surface area contributed by atoms with Gasteiger partial charge in [-0.1, -0.05) is 48.7 Å². The molecule has 2 amide bonds. The highest BCUT2D eigenvalue weighted by Gasteiger charge is 2.26. The first kappa shape index (κ1) is 21.1. The van der Waals surface area contributed by atoms with Crippen LogP contribution in [0, 0.1) is 5.92 Å². The Morgan fingerprint density at radius 3 is 2.25 bits per heavy atom. The number of hydrogen-bond donors (Lipinski definition) is 4. The van der Waals surface area contributed by atoms with E-state index in [4.69, 9.17) is 34.8 Å². The van der Waals surface area contributed by atoms with Crippen LogP contribution in [0.2, 0.25) is 15.1 Å². The van der Waals surface area contributed by atoms with Crippen LogP contribution in [-0.4, -0.2) is 41.5 Å². The summed E-state index contributed by atoms with van der Waals surface area (Å²) in [6.07, 6.45) is 0.385. The first-order valence-electron chi connectivity index (χ1n) is 7.20. The monoisotopic (exact) mass is 394 g/mol. The van der Waals surface area contributed by atoms with Crippen LogP contribution in [0.4, 0.5) is 0 Å². The smallest absolute Gasteiger partial charge is 0.426 e. The average Bonchev–Trinajstić information content (AvgIpc) is 2.47. The van der Waals surface area contributed by atoms with E-state index in [0.29, 0.717) is 6.42 Å². The van der Waals surface area contributed by atoms with Crippen LogP contribution in [0.15, 0.2) is 12.1 Å². The Bertz CT molecular complexity index is 614. The minimum absolute atomic E-state index is 0.0831. The van der Waals surface area contributed by atoms with Crippen molar-refractivity contribution < 1.29 is 19.6 Å². The Balaban J connectivity index is 2.63. The van der Waals surface area contributed by atoms with Gasteiger partial charge in [-0.3, -0.25) is 9.59 Å². The van der Waals surface area contributed by atoms with E-state index in [9.17, 15) is 19.6 Å². The van der Waals surface area contributed by atoms with Crippen molar-refractivity contribution in [3.8, 4) is 0 Å². The van der Waals surface area contributed by atoms with Gasteiger partial charge in [-0.2, -0.15) is 0 Å². The van der Waals surface area contributed by atoms with Gasteiger partial charge in [-0.25, -0.2) is 0 Å². The second kappa shape index (κ2) is 9.49. The summed E-state index contributed by atoms with van der Waals surface area (Å²) < 4.78 is 0. The molecular formula is C14H18BCl3N2O4. The average molecular weight is 395 g/mol. The van der Waals surface area contributed by atoms with Crippen LogP contribution in [0.3, 0.4) is 0 Å². The second-order valence-corrected chi connectivity index (χ2v) is 6.87. The molecular weight excluding hydrogens is 377 g/mol. The number of benzene rings is 1. The lowest BCUT2D eigenvalue weighted by Crippen LogP contribution is -2.50. The minimum atomic E-state index is -1.68. The van der Waals surface area contributed by atoms with Gasteiger partial charge in [0.15, 0.2) is 0 Å². The zero-order valence-corrected chi connectivity index (χ0v) is 15.4. The molecule has 0 fully saturated rings. The Morgan fingerprint density at radius 1 is 1.12 bits per heavy atom. The zero-order valence-electron chi connectivity index (χ0n) is 13.1. The number of carbonyl (C=O) groups excluding carboxylic acids is 2. The van der Waals surface area contributed by atoms with Crippen molar-refractivity contribution in [2.45, 2.75) is 26.2 Å². The van der Waals surface area contributed by atoms with Gasteiger partial charge in [-0.05, 0) is 24.5 Å². The third kappa shape index (κ3) is 6.49. The molecule has 0 bridgehead atoms. The predicted molar refractivity (Wildman–Crippen MR) is 95.4 cm³/mol. The number of halogens is 3. The normalized spacial score (nSPS) is 12.0. The maximum Gasteiger partial charge on any atom is 0.475 e. The van der Waals surface area contributed by atoms with Crippen molar-refractivity contribution in [2.24, 2.45) is 5.92 Å². The highest BCUT2D eigenvalue weighted by Crippen LogP contribution is 2.28. The molecule has 6 nitrogen and oxygen atoms in total. The number of nitrogens with one attached hydrogen (secondary N) is 2. The van der Waals surface area contributed by atoms with Crippen molar-refractivity contribution in [3.05, 3.63) is 32.8 Å². The van der Waals surface area contributed by atoms with Crippen molar-refractivity contribution in [2.75, 3.05) is 6.54 Å². The zero-order chi connectivity index (χ0) is 18.4. The number of rotatable bonds is 7. The van der Waals surface area contributed by atoms with Crippen molar-refractivity contribution >= 4 is 53.7 Å². The van der Waals surface area contributed by atoms with Crippen molar-refractivity contribution in [1.82, 2.24) is 10.6 Å². The Morgan fingerprint density at radius 2 is 1.71 bits per heavy atom. The fourth-order valence-corrected chi connectivity index (χ4v) is 2.61. The molecule has 1 aromatic rings. The summed E-state index contributed by atoms with van der Waals surface area (Å²) in [6.45, 7) is 3.42. The van der Waals surface area contributed by atoms with Gasteiger partial charge < -0.3 is 20.7 Å². The van der Waals surface area contributed by atoms with E-state index in [1.54, 1.807) is 0 Å². The molecule has 0 aliphatic heterocycles. The lowest BCUT2D eigenvalue weighted by molar-refractivity contribution is -0.120. The van der Waals surface area contributed by atoms with Crippen LogP contribution < -0.4 is 10.6 Å². The molecule has 0 heterocycles. The minimum Gasteiger partial charge on any atom is -0.426 e. The maximum atomic E-state index is 12.1. The van der Waals surface area contributed by atoms with Gasteiger partial charge in [0.2, 0.25) is 5.91 Å². The van der Waals surface area contributed by atoms with E-state index in [1.165, 1.54) is 12.1 Å². The molecule has 4 N–H and O–H groups in total. The first-order valence-corrected chi connectivity index (χ1v) is 8.33. The fourth-order valence-electron chi connectivity index (χ4n) is 1.97. The second-order valence-electron chi connectivity index (χ2n) is 5.65. The lowest BCUT2D eigenvalue weighted by Gasteiger charge is -2.19. The fraction of sp³-hybridized carbons (Fsp3) is 0.429. The SMILES string of the molecule is CC(C)C[C@H](NC(=O)CNC(=O)c1cc(Cl)c(Cl)cc1Cl)B(O)O. The van der Waals surface area contributed by atoms with Gasteiger partial charge in [0.25, 0.3) is 5.91 Å². The molecule has 0 radical (unpaired) electrons. The summed E-state index contributed by atoms with van der Waals surface area (Å²) in [5, 5.41) is 23.9. The van der Waals surface area contributed by atoms with Crippen molar-refractivity contribution in [3.63, 3.8) is 0 Å². The molecule has 10 heteroatoms. The first-order chi connectivity index (χ1) is 11.1. The van der Waals surface area contributed by atoms with E-state index in [1.807, 2.05) is 13.8 Å². The highest BCUT2D eigenvalue weighted by molar-refractivity contribution is 6.44. The Kier molecular flexibility index (Phi) is 8.32. The van der Waals surface area contributed by atoms with Crippen molar-refractivity contribution in [1.29, 1.82) is 0 Å². The standard InChI is InChI=1S/C14H18BCl3N2O4/c1-7(2)3-12(15(23)24)20-13(21)6-19-14(22)8-4-10(17)11(18)5-9(8)16/h4-5,7,12,23-24H,3,6H2,1-2H3,(H,19,22)(H,20,21)/t12-/m0/s1. The predicted octanol–water partition coefficient (Wildman–Crippen LogP) is 1.92. The van der Waals surface area contributed by atoms with E-state index in [2.05, 4.69) is 10.6 Å². The van der Waals surface area contributed by atoms with Gasteiger partial charge in [0.1, 0.15) is 0 Å². The van der Waals surface area contributed by atoms with Crippen LogP contribution >= 0.6 is 34.8 Å². The molecule has 1 atom stereocenters. The van der Waals surface area contributed by atoms with E-state index < -0.39 is 24.9 Å².